The molecule has 0 aliphatic carbocycles. The molecular formula is C10H9BrN4O. The van der Waals surface area contributed by atoms with Crippen molar-refractivity contribution in [2.24, 2.45) is 0 Å². The zero-order chi connectivity index (χ0) is 11.5. The molecule has 2 rings (SSSR count). The first kappa shape index (κ1) is 10.9. The van der Waals surface area contributed by atoms with Gasteiger partial charge in [-0.15, -0.1) is 5.10 Å². The van der Waals surface area contributed by atoms with Gasteiger partial charge in [0, 0.05) is 6.54 Å². The molecule has 2 heterocycles. The Balaban J connectivity index is 2.53. The van der Waals surface area contributed by atoms with Crippen LogP contribution in [0.25, 0.3) is 11.5 Å². The molecule has 6 heteroatoms. The highest BCUT2D eigenvalue weighted by Crippen LogP contribution is 2.26. The third kappa shape index (κ3) is 1.86. The predicted octanol–water partition coefficient (Wildman–Crippen LogP) is 2.58. The molecular weight excluding hydrogens is 272 g/mol. The topological polar surface area (TPSA) is 67.6 Å². The van der Waals surface area contributed by atoms with E-state index < -0.39 is 0 Å². The summed E-state index contributed by atoms with van der Waals surface area (Å²) in [5.74, 6) is 0.599. The molecule has 16 heavy (non-hydrogen) atoms. The van der Waals surface area contributed by atoms with Crippen molar-refractivity contribution in [3.63, 3.8) is 0 Å². The molecule has 2 aromatic rings. The van der Waals surface area contributed by atoms with E-state index in [0.29, 0.717) is 22.7 Å². The molecule has 0 amide bonds. The number of hydrogen-bond acceptors (Lipinski definition) is 4. The summed E-state index contributed by atoms with van der Waals surface area (Å²) in [6, 6.07) is 5.58. The van der Waals surface area contributed by atoms with Gasteiger partial charge in [-0.2, -0.15) is 5.26 Å². The number of furan rings is 1. The van der Waals surface area contributed by atoms with E-state index in [4.69, 9.17) is 9.68 Å². The number of aryl methyl sites for hydroxylation is 1. The normalized spacial score (nSPS) is 10.3. The van der Waals surface area contributed by atoms with E-state index in [1.54, 1.807) is 16.8 Å². The van der Waals surface area contributed by atoms with Crippen LogP contribution in [0.3, 0.4) is 0 Å². The molecule has 0 aliphatic rings. The Morgan fingerprint density at radius 1 is 1.56 bits per heavy atom. The van der Waals surface area contributed by atoms with E-state index in [1.165, 1.54) is 0 Å². The second-order valence-corrected chi connectivity index (χ2v) is 4.01. The fourth-order valence-corrected chi connectivity index (χ4v) is 1.75. The van der Waals surface area contributed by atoms with Gasteiger partial charge in [-0.1, -0.05) is 12.1 Å². The first-order chi connectivity index (χ1) is 7.76. The van der Waals surface area contributed by atoms with Gasteiger partial charge in [0.05, 0.1) is 0 Å². The van der Waals surface area contributed by atoms with E-state index in [9.17, 15) is 0 Å². The Bertz CT molecular complexity index is 537. The molecule has 0 bridgehead atoms. The maximum Gasteiger partial charge on any atom is 0.193 e. The summed E-state index contributed by atoms with van der Waals surface area (Å²) >= 11 is 3.23. The van der Waals surface area contributed by atoms with E-state index in [0.717, 1.165) is 6.42 Å². The predicted molar refractivity (Wildman–Crippen MR) is 60.4 cm³/mol. The molecule has 0 unspecified atom stereocenters. The van der Waals surface area contributed by atoms with Crippen LogP contribution >= 0.6 is 15.9 Å². The van der Waals surface area contributed by atoms with Crippen LogP contribution in [0.15, 0.2) is 21.2 Å². The van der Waals surface area contributed by atoms with Crippen molar-refractivity contribution in [3.05, 3.63) is 22.5 Å². The minimum atomic E-state index is 0.287. The summed E-state index contributed by atoms with van der Waals surface area (Å²) in [5, 5.41) is 16.7. The van der Waals surface area contributed by atoms with Crippen LogP contribution in [0.1, 0.15) is 19.0 Å². The van der Waals surface area contributed by atoms with Gasteiger partial charge in [-0.3, -0.25) is 0 Å². The summed E-state index contributed by atoms with van der Waals surface area (Å²) in [6.07, 6.45) is 0.920. The lowest BCUT2D eigenvalue weighted by Gasteiger charge is -2.01. The molecule has 0 radical (unpaired) electrons. The summed E-state index contributed by atoms with van der Waals surface area (Å²) in [5.41, 5.74) is 0.922. The van der Waals surface area contributed by atoms with Crippen LogP contribution in [0, 0.1) is 11.3 Å². The van der Waals surface area contributed by atoms with Gasteiger partial charge in [-0.05, 0) is 34.5 Å². The molecule has 0 aliphatic heterocycles. The maximum atomic E-state index is 8.95. The molecule has 2 aromatic heterocycles. The van der Waals surface area contributed by atoms with E-state index in [2.05, 4.69) is 26.2 Å². The highest BCUT2D eigenvalue weighted by Gasteiger charge is 2.17. The molecule has 0 spiro atoms. The highest BCUT2D eigenvalue weighted by molar-refractivity contribution is 9.10. The number of aromatic nitrogens is 3. The fourth-order valence-electron chi connectivity index (χ4n) is 1.44. The number of rotatable bonds is 3. The van der Waals surface area contributed by atoms with Crippen LogP contribution in [0.2, 0.25) is 0 Å². The van der Waals surface area contributed by atoms with Gasteiger partial charge in [0.15, 0.2) is 16.1 Å². The smallest absolute Gasteiger partial charge is 0.193 e. The average Bonchev–Trinajstić information content (AvgIpc) is 2.85. The van der Waals surface area contributed by atoms with Crippen molar-refractivity contribution in [2.45, 2.75) is 19.9 Å². The highest BCUT2D eigenvalue weighted by atomic mass is 79.9. The van der Waals surface area contributed by atoms with Crippen LogP contribution in [0.5, 0.6) is 0 Å². The molecule has 5 nitrogen and oxygen atoms in total. The zero-order valence-corrected chi connectivity index (χ0v) is 10.2. The largest absolute Gasteiger partial charge is 0.448 e. The van der Waals surface area contributed by atoms with E-state index in [1.807, 2.05) is 13.0 Å². The lowest BCUT2D eigenvalue weighted by atomic mass is 10.2. The van der Waals surface area contributed by atoms with Crippen molar-refractivity contribution in [1.29, 1.82) is 5.26 Å². The molecule has 0 atom stereocenters. The minimum Gasteiger partial charge on any atom is -0.448 e. The number of nitrogens with zero attached hydrogens (tertiary/aromatic N) is 4. The Hall–Kier alpha value is -1.61. The number of nitriles is 1. The molecule has 0 saturated carbocycles. The first-order valence-corrected chi connectivity index (χ1v) is 5.65. The molecule has 82 valence electrons. The second kappa shape index (κ2) is 4.49. The van der Waals surface area contributed by atoms with E-state index in [-0.39, 0.29) is 5.69 Å². The standard InChI is InChI=1S/C10H9BrN4O/c1-2-5-15-10(7(6-12)13-14-15)8-3-4-9(11)16-8/h3-4H,2,5H2,1H3. The van der Waals surface area contributed by atoms with Crippen molar-refractivity contribution in [1.82, 2.24) is 15.0 Å². The quantitative estimate of drug-likeness (QED) is 0.867. The van der Waals surface area contributed by atoms with E-state index >= 15 is 0 Å². The van der Waals surface area contributed by atoms with Gasteiger partial charge < -0.3 is 4.42 Å². The van der Waals surface area contributed by atoms with Crippen LogP contribution < -0.4 is 0 Å². The summed E-state index contributed by atoms with van der Waals surface area (Å²) < 4.78 is 7.73. The number of hydrogen-bond donors (Lipinski definition) is 0. The van der Waals surface area contributed by atoms with Gasteiger partial charge in [0.1, 0.15) is 11.8 Å². The van der Waals surface area contributed by atoms with Gasteiger partial charge in [-0.25, -0.2) is 4.68 Å². The minimum absolute atomic E-state index is 0.287. The molecule has 0 aromatic carbocycles. The Kier molecular flexibility index (Phi) is 3.06. The third-order valence-corrected chi connectivity index (χ3v) is 2.51. The van der Waals surface area contributed by atoms with Crippen molar-refractivity contribution < 1.29 is 4.42 Å². The number of halogens is 1. The second-order valence-electron chi connectivity index (χ2n) is 3.23. The lowest BCUT2D eigenvalue weighted by Crippen LogP contribution is -2.01. The fraction of sp³-hybridized carbons (Fsp3) is 0.300. The SMILES string of the molecule is CCCn1nnc(C#N)c1-c1ccc(Br)o1. The Morgan fingerprint density at radius 3 is 2.94 bits per heavy atom. The molecule has 0 fully saturated rings. The van der Waals surface area contributed by atoms with Crippen molar-refractivity contribution in [2.75, 3.05) is 0 Å². The monoisotopic (exact) mass is 280 g/mol. The molecule has 0 saturated heterocycles. The van der Waals surface area contributed by atoms with Crippen LogP contribution in [-0.2, 0) is 6.54 Å². The van der Waals surface area contributed by atoms with Crippen molar-refractivity contribution in [3.8, 4) is 17.5 Å². The van der Waals surface area contributed by atoms with Gasteiger partial charge >= 0.3 is 0 Å². The van der Waals surface area contributed by atoms with Crippen molar-refractivity contribution >= 4 is 15.9 Å². The van der Waals surface area contributed by atoms with Crippen LogP contribution in [0.4, 0.5) is 0 Å². The first-order valence-electron chi connectivity index (χ1n) is 4.85. The Labute approximate surface area is 101 Å². The maximum absolute atomic E-state index is 8.95. The van der Waals surface area contributed by atoms with Gasteiger partial charge in [0.25, 0.3) is 0 Å². The zero-order valence-electron chi connectivity index (χ0n) is 8.64. The summed E-state index contributed by atoms with van der Waals surface area (Å²) in [7, 11) is 0. The summed E-state index contributed by atoms with van der Waals surface area (Å²) in [6.45, 7) is 2.75. The van der Waals surface area contributed by atoms with Crippen LogP contribution in [-0.4, -0.2) is 15.0 Å². The van der Waals surface area contributed by atoms with Gasteiger partial charge in [0.2, 0.25) is 0 Å². The Morgan fingerprint density at radius 2 is 2.38 bits per heavy atom. The molecule has 0 N–H and O–H groups in total. The summed E-state index contributed by atoms with van der Waals surface area (Å²) in [4.78, 5) is 0. The third-order valence-electron chi connectivity index (χ3n) is 2.08. The lowest BCUT2D eigenvalue weighted by molar-refractivity contribution is 0.532. The average molecular weight is 281 g/mol.